The molecule has 1 aromatic carbocycles. The smallest absolute Gasteiger partial charge is 0.336 e. The Morgan fingerprint density at radius 1 is 1.18 bits per heavy atom. The highest BCUT2D eigenvalue weighted by atomic mass is 16.4. The van der Waals surface area contributed by atoms with Crippen LogP contribution < -0.4 is 5.73 Å². The Morgan fingerprint density at radius 3 is 2.41 bits per heavy atom. The summed E-state index contributed by atoms with van der Waals surface area (Å²) < 4.78 is 0. The minimum atomic E-state index is -0.864. The zero-order chi connectivity index (χ0) is 12.3. The molecular formula is C14H19NO2. The van der Waals surface area contributed by atoms with E-state index in [-0.39, 0.29) is 0 Å². The number of hydrogen-bond acceptors (Lipinski definition) is 2. The maximum absolute atomic E-state index is 11.2. The number of nitrogens with two attached hydrogens (primary N) is 1. The van der Waals surface area contributed by atoms with E-state index >= 15 is 0 Å². The van der Waals surface area contributed by atoms with Crippen LogP contribution >= 0.6 is 0 Å². The van der Waals surface area contributed by atoms with Gasteiger partial charge in [0.25, 0.3) is 0 Å². The molecule has 0 heterocycles. The fraction of sp³-hybridized carbons (Fsp3) is 0.500. The predicted molar refractivity (Wildman–Crippen MR) is 68.3 cm³/mol. The minimum Gasteiger partial charge on any atom is -0.478 e. The van der Waals surface area contributed by atoms with Crippen molar-refractivity contribution in [1.29, 1.82) is 0 Å². The fourth-order valence-corrected chi connectivity index (χ4v) is 2.79. The Morgan fingerprint density at radius 2 is 1.82 bits per heavy atom. The standard InChI is InChI=1S/C14H19NO2/c15-12-9-5-8-11(14(16)17)13(12)10-6-3-1-2-4-7-10/h5,8-10H,1-4,6-7,15H2,(H,16,17). The van der Waals surface area contributed by atoms with Crippen LogP contribution in [0.4, 0.5) is 5.69 Å². The van der Waals surface area contributed by atoms with Crippen LogP contribution in [0, 0.1) is 0 Å². The first-order valence-electron chi connectivity index (χ1n) is 6.32. The molecule has 0 aromatic heterocycles. The van der Waals surface area contributed by atoms with E-state index in [4.69, 9.17) is 5.73 Å². The zero-order valence-electron chi connectivity index (χ0n) is 9.98. The summed E-state index contributed by atoms with van der Waals surface area (Å²) >= 11 is 0. The molecule has 92 valence electrons. The van der Waals surface area contributed by atoms with Crippen LogP contribution in [0.1, 0.15) is 60.4 Å². The number of anilines is 1. The number of nitrogen functional groups attached to an aromatic ring is 1. The van der Waals surface area contributed by atoms with Gasteiger partial charge in [-0.2, -0.15) is 0 Å². The van der Waals surface area contributed by atoms with Crippen LogP contribution in [0.25, 0.3) is 0 Å². The molecule has 1 aliphatic carbocycles. The highest BCUT2D eigenvalue weighted by molar-refractivity contribution is 5.91. The van der Waals surface area contributed by atoms with E-state index in [0.717, 1.165) is 18.4 Å². The van der Waals surface area contributed by atoms with Crippen molar-refractivity contribution in [2.24, 2.45) is 0 Å². The summed E-state index contributed by atoms with van der Waals surface area (Å²) in [5.41, 5.74) is 7.86. The number of carboxylic acids is 1. The maximum Gasteiger partial charge on any atom is 0.336 e. The van der Waals surface area contributed by atoms with Crippen molar-refractivity contribution in [3.63, 3.8) is 0 Å². The lowest BCUT2D eigenvalue weighted by Crippen LogP contribution is -2.10. The van der Waals surface area contributed by atoms with Crippen molar-refractivity contribution in [3.05, 3.63) is 29.3 Å². The highest BCUT2D eigenvalue weighted by Crippen LogP contribution is 2.36. The van der Waals surface area contributed by atoms with Crippen molar-refractivity contribution in [2.45, 2.75) is 44.4 Å². The van der Waals surface area contributed by atoms with Crippen molar-refractivity contribution in [3.8, 4) is 0 Å². The Hall–Kier alpha value is -1.51. The molecule has 1 aromatic rings. The third-order valence-electron chi connectivity index (χ3n) is 3.63. The van der Waals surface area contributed by atoms with E-state index in [1.807, 2.05) is 6.07 Å². The summed E-state index contributed by atoms with van der Waals surface area (Å²) in [4.78, 5) is 11.2. The molecule has 3 N–H and O–H groups in total. The summed E-state index contributed by atoms with van der Waals surface area (Å²) in [5.74, 6) is -0.540. The van der Waals surface area contributed by atoms with Gasteiger partial charge in [-0.05, 0) is 36.5 Å². The summed E-state index contributed by atoms with van der Waals surface area (Å²) in [6.45, 7) is 0. The molecule has 1 fully saturated rings. The van der Waals surface area contributed by atoms with Gasteiger partial charge >= 0.3 is 5.97 Å². The van der Waals surface area contributed by atoms with Crippen molar-refractivity contribution < 1.29 is 9.90 Å². The van der Waals surface area contributed by atoms with Gasteiger partial charge in [0.1, 0.15) is 0 Å². The van der Waals surface area contributed by atoms with Crippen LogP contribution in [0.5, 0.6) is 0 Å². The third-order valence-corrected chi connectivity index (χ3v) is 3.63. The predicted octanol–water partition coefficient (Wildman–Crippen LogP) is 3.40. The number of aromatic carboxylic acids is 1. The Balaban J connectivity index is 2.37. The lowest BCUT2D eigenvalue weighted by molar-refractivity contribution is 0.0695. The average Bonchev–Trinajstić information content (AvgIpc) is 2.57. The van der Waals surface area contributed by atoms with Crippen molar-refractivity contribution in [2.75, 3.05) is 5.73 Å². The van der Waals surface area contributed by atoms with Crippen LogP contribution in [0.15, 0.2) is 18.2 Å². The Bertz CT molecular complexity index is 407. The molecule has 2 rings (SSSR count). The zero-order valence-corrected chi connectivity index (χ0v) is 9.98. The number of carbonyl (C=O) groups is 1. The topological polar surface area (TPSA) is 63.3 Å². The first kappa shape index (κ1) is 12.0. The number of hydrogen-bond donors (Lipinski definition) is 2. The average molecular weight is 233 g/mol. The molecular weight excluding hydrogens is 214 g/mol. The summed E-state index contributed by atoms with van der Waals surface area (Å²) in [5, 5.41) is 9.24. The van der Waals surface area contributed by atoms with E-state index in [2.05, 4.69) is 0 Å². The minimum absolute atomic E-state index is 0.324. The Kier molecular flexibility index (Phi) is 3.67. The van der Waals surface area contributed by atoms with Gasteiger partial charge in [0.05, 0.1) is 5.56 Å². The normalized spacial score (nSPS) is 17.6. The molecule has 0 saturated heterocycles. The van der Waals surface area contributed by atoms with E-state index in [9.17, 15) is 9.90 Å². The summed E-state index contributed by atoms with van der Waals surface area (Å²) in [6, 6.07) is 5.20. The van der Waals surface area contributed by atoms with Crippen LogP contribution in [-0.4, -0.2) is 11.1 Å². The van der Waals surface area contributed by atoms with E-state index in [1.165, 1.54) is 25.7 Å². The lowest BCUT2D eigenvalue weighted by atomic mass is 9.87. The molecule has 3 nitrogen and oxygen atoms in total. The number of carboxylic acid groups (broad SMARTS) is 1. The van der Waals surface area contributed by atoms with Gasteiger partial charge in [0.15, 0.2) is 0 Å². The van der Waals surface area contributed by atoms with E-state index in [0.29, 0.717) is 17.2 Å². The van der Waals surface area contributed by atoms with Crippen LogP contribution in [0.2, 0.25) is 0 Å². The monoisotopic (exact) mass is 233 g/mol. The molecule has 0 aliphatic heterocycles. The molecule has 17 heavy (non-hydrogen) atoms. The summed E-state index contributed by atoms with van der Waals surface area (Å²) in [6.07, 6.45) is 7.00. The Labute approximate surface area is 102 Å². The van der Waals surface area contributed by atoms with Gasteiger partial charge in [-0.25, -0.2) is 4.79 Å². The second kappa shape index (κ2) is 5.21. The van der Waals surface area contributed by atoms with Gasteiger partial charge in [-0.15, -0.1) is 0 Å². The second-order valence-corrected chi connectivity index (χ2v) is 4.80. The number of benzene rings is 1. The molecule has 0 unspecified atom stereocenters. The lowest BCUT2D eigenvalue weighted by Gasteiger charge is -2.19. The molecule has 0 bridgehead atoms. The second-order valence-electron chi connectivity index (χ2n) is 4.80. The van der Waals surface area contributed by atoms with Gasteiger partial charge in [-0.3, -0.25) is 0 Å². The highest BCUT2D eigenvalue weighted by Gasteiger charge is 2.22. The molecule has 1 aliphatic rings. The molecule has 0 spiro atoms. The van der Waals surface area contributed by atoms with E-state index in [1.54, 1.807) is 12.1 Å². The maximum atomic E-state index is 11.2. The summed E-state index contributed by atoms with van der Waals surface area (Å²) in [7, 11) is 0. The van der Waals surface area contributed by atoms with Gasteiger partial charge in [0.2, 0.25) is 0 Å². The SMILES string of the molecule is Nc1cccc(C(=O)O)c1C1CCCCCC1. The van der Waals surface area contributed by atoms with Gasteiger partial charge < -0.3 is 10.8 Å². The first-order valence-corrected chi connectivity index (χ1v) is 6.32. The third kappa shape index (κ3) is 2.60. The van der Waals surface area contributed by atoms with Crippen molar-refractivity contribution in [1.82, 2.24) is 0 Å². The van der Waals surface area contributed by atoms with Crippen molar-refractivity contribution >= 4 is 11.7 Å². The van der Waals surface area contributed by atoms with Crippen LogP contribution in [-0.2, 0) is 0 Å². The quantitative estimate of drug-likeness (QED) is 0.607. The molecule has 1 saturated carbocycles. The molecule has 0 amide bonds. The fourth-order valence-electron chi connectivity index (χ4n) is 2.79. The first-order chi connectivity index (χ1) is 8.20. The molecule has 0 atom stereocenters. The van der Waals surface area contributed by atoms with E-state index < -0.39 is 5.97 Å². The largest absolute Gasteiger partial charge is 0.478 e. The molecule has 0 radical (unpaired) electrons. The number of rotatable bonds is 2. The van der Waals surface area contributed by atoms with Gasteiger partial charge in [0, 0.05) is 5.69 Å². The molecule has 3 heteroatoms. The van der Waals surface area contributed by atoms with Crippen LogP contribution in [0.3, 0.4) is 0 Å². The van der Waals surface area contributed by atoms with Gasteiger partial charge in [-0.1, -0.05) is 31.7 Å².